The molecule has 0 aliphatic heterocycles. The first-order valence-corrected chi connectivity index (χ1v) is 19.8. The summed E-state index contributed by atoms with van der Waals surface area (Å²) in [5.74, 6) is 0.651. The fraction of sp³-hybridized carbons (Fsp3) is 0.0377. The van der Waals surface area contributed by atoms with Gasteiger partial charge in [-0.25, -0.2) is 4.98 Å². The highest BCUT2D eigenvalue weighted by Gasteiger charge is 2.22. The minimum absolute atomic E-state index is 0.651. The zero-order valence-corrected chi connectivity index (χ0v) is 31.5. The summed E-state index contributed by atoms with van der Waals surface area (Å²) in [6.45, 7) is 0. The van der Waals surface area contributed by atoms with Crippen LogP contribution in [0.4, 0.5) is 17.1 Å². The lowest BCUT2D eigenvalue weighted by Gasteiger charge is -2.26. The molecule has 0 unspecified atom stereocenters. The van der Waals surface area contributed by atoms with Gasteiger partial charge >= 0.3 is 0 Å². The van der Waals surface area contributed by atoms with E-state index in [2.05, 4.69) is 155 Å². The van der Waals surface area contributed by atoms with Crippen molar-refractivity contribution in [2.45, 2.75) is 12.8 Å². The van der Waals surface area contributed by atoms with Gasteiger partial charge in [0.05, 0.1) is 11.0 Å². The molecule has 12 rings (SSSR count). The number of aromatic nitrogens is 2. The van der Waals surface area contributed by atoms with Crippen LogP contribution in [0, 0.1) is 0 Å². The van der Waals surface area contributed by atoms with Crippen molar-refractivity contribution in [1.82, 2.24) is 9.55 Å². The van der Waals surface area contributed by atoms with Crippen LogP contribution in [0.25, 0.3) is 83.6 Å². The van der Waals surface area contributed by atoms with E-state index in [-0.39, 0.29) is 0 Å². The van der Waals surface area contributed by atoms with E-state index in [9.17, 15) is 0 Å². The second-order valence-corrected chi connectivity index (χ2v) is 15.1. The van der Waals surface area contributed by atoms with Gasteiger partial charge < -0.3 is 18.3 Å². The molecule has 0 saturated heterocycles. The number of para-hydroxylation sites is 3. The molecule has 0 spiro atoms. The largest absolute Gasteiger partial charge is 0.456 e. The number of oxazole rings is 1. The summed E-state index contributed by atoms with van der Waals surface area (Å²) in [4.78, 5) is 7.22. The molecule has 0 radical (unpaired) electrons. The number of hydrogen-bond acceptors (Lipinski definition) is 4. The predicted octanol–water partition coefficient (Wildman–Crippen LogP) is 14.4. The number of nitrogens with zero attached hydrogens (tertiary/aromatic N) is 3. The molecule has 5 heteroatoms. The maximum absolute atomic E-state index is 6.45. The van der Waals surface area contributed by atoms with E-state index in [1.54, 1.807) is 0 Å². The number of rotatable bonds is 6. The van der Waals surface area contributed by atoms with Crippen LogP contribution in [0.1, 0.15) is 23.1 Å². The van der Waals surface area contributed by atoms with Crippen LogP contribution in [-0.4, -0.2) is 9.55 Å². The molecular weight excluding hydrogens is 711 g/mol. The fourth-order valence-electron chi connectivity index (χ4n) is 8.96. The molecule has 1 aliphatic carbocycles. The lowest BCUT2D eigenvalue weighted by Crippen LogP contribution is -2.10. The van der Waals surface area contributed by atoms with Crippen molar-refractivity contribution >= 4 is 83.6 Å². The highest BCUT2D eigenvalue weighted by Crippen LogP contribution is 2.43. The third-order valence-electron chi connectivity index (χ3n) is 11.7. The highest BCUT2D eigenvalue weighted by atomic mass is 16.3. The second-order valence-electron chi connectivity index (χ2n) is 15.1. The maximum Gasteiger partial charge on any atom is 0.227 e. The summed E-state index contributed by atoms with van der Waals surface area (Å²) in [6.07, 6.45) is 4.20. The number of anilines is 3. The van der Waals surface area contributed by atoms with E-state index in [1.165, 1.54) is 33.0 Å². The van der Waals surface area contributed by atoms with Gasteiger partial charge in [-0.1, -0.05) is 97.1 Å². The topological polar surface area (TPSA) is 47.3 Å². The van der Waals surface area contributed by atoms with Crippen molar-refractivity contribution < 1.29 is 8.83 Å². The minimum Gasteiger partial charge on any atom is -0.456 e. The number of aryl methyl sites for hydroxylation is 1. The molecule has 0 amide bonds. The molecule has 0 atom stereocenters. The molecule has 58 heavy (non-hydrogen) atoms. The summed E-state index contributed by atoms with van der Waals surface area (Å²) in [7, 11) is 0. The van der Waals surface area contributed by atoms with Crippen LogP contribution in [0.3, 0.4) is 0 Å². The van der Waals surface area contributed by atoms with Crippen molar-refractivity contribution in [2.75, 3.05) is 4.90 Å². The van der Waals surface area contributed by atoms with Gasteiger partial charge in [0, 0.05) is 55.4 Å². The quantitative estimate of drug-likeness (QED) is 0.170. The average Bonchev–Trinajstić information content (AvgIpc) is 3.99. The molecule has 5 nitrogen and oxygen atoms in total. The molecule has 0 bridgehead atoms. The van der Waals surface area contributed by atoms with Gasteiger partial charge in [-0.15, -0.1) is 0 Å². The fourth-order valence-corrected chi connectivity index (χ4v) is 8.96. The third kappa shape index (κ3) is 5.21. The number of furan rings is 1. The molecule has 11 aromatic rings. The molecule has 0 saturated carbocycles. The number of fused-ring (bicyclic) bond motifs is 9. The summed E-state index contributed by atoms with van der Waals surface area (Å²) in [6, 6.07) is 64.5. The molecular formula is C53H35N3O2. The monoisotopic (exact) mass is 745 g/mol. The van der Waals surface area contributed by atoms with Crippen LogP contribution < -0.4 is 4.90 Å². The normalized spacial score (nSPS) is 12.8. The lowest BCUT2D eigenvalue weighted by molar-refractivity contribution is 0.618. The van der Waals surface area contributed by atoms with Gasteiger partial charge in [-0.05, 0) is 121 Å². The second kappa shape index (κ2) is 13.0. The van der Waals surface area contributed by atoms with Gasteiger partial charge in [-0.2, -0.15) is 0 Å². The van der Waals surface area contributed by atoms with Crippen molar-refractivity contribution in [2.24, 2.45) is 0 Å². The van der Waals surface area contributed by atoms with E-state index < -0.39 is 0 Å². The standard InChI is InChI=1S/C53H35N3O2/c1-3-11-36(12-4-1)53-54-47-29-23-35-19-20-37(31-45(35)52(47)58-53)34-21-24-39(25-22-34)55(40-27-30-51-46(32-40)44-16-8-10-18-50(44)57-51)41-26-28-43-42-15-7-9-17-48(42)56(49(43)33-41)38-13-5-2-6-14-38/h1-18,21-33H,19-20H2. The van der Waals surface area contributed by atoms with Crippen molar-refractivity contribution in [3.63, 3.8) is 0 Å². The van der Waals surface area contributed by atoms with Crippen LogP contribution in [0.2, 0.25) is 0 Å². The van der Waals surface area contributed by atoms with Gasteiger partial charge in [0.15, 0.2) is 5.58 Å². The number of hydrogen-bond donors (Lipinski definition) is 0. The Bertz CT molecular complexity index is 3390. The molecule has 8 aromatic carbocycles. The molecule has 1 aliphatic rings. The van der Waals surface area contributed by atoms with E-state index in [1.807, 2.05) is 42.5 Å². The maximum atomic E-state index is 6.45. The van der Waals surface area contributed by atoms with Crippen molar-refractivity contribution in [3.8, 4) is 17.1 Å². The van der Waals surface area contributed by atoms with Crippen molar-refractivity contribution in [3.05, 3.63) is 199 Å². The van der Waals surface area contributed by atoms with Crippen LogP contribution in [0.5, 0.6) is 0 Å². The number of allylic oxidation sites excluding steroid dienone is 1. The van der Waals surface area contributed by atoms with E-state index in [0.29, 0.717) is 5.89 Å². The number of benzene rings is 8. The Morgan fingerprint density at radius 1 is 0.483 bits per heavy atom. The Morgan fingerprint density at radius 3 is 2.03 bits per heavy atom. The Labute approximate surface area is 334 Å². The van der Waals surface area contributed by atoms with Crippen LogP contribution in [-0.2, 0) is 6.42 Å². The van der Waals surface area contributed by atoms with E-state index in [0.717, 1.165) is 85.3 Å². The van der Waals surface area contributed by atoms with Gasteiger partial charge in [0.25, 0.3) is 0 Å². The zero-order valence-electron chi connectivity index (χ0n) is 31.5. The average molecular weight is 746 g/mol. The zero-order chi connectivity index (χ0) is 38.2. The summed E-state index contributed by atoms with van der Waals surface area (Å²) >= 11 is 0. The van der Waals surface area contributed by atoms with Gasteiger partial charge in [0.1, 0.15) is 16.7 Å². The Morgan fingerprint density at radius 2 is 1.17 bits per heavy atom. The van der Waals surface area contributed by atoms with Crippen molar-refractivity contribution in [1.29, 1.82) is 0 Å². The highest BCUT2D eigenvalue weighted by molar-refractivity contribution is 6.11. The Kier molecular flexibility index (Phi) is 7.29. The first-order chi connectivity index (χ1) is 28.7. The summed E-state index contributed by atoms with van der Waals surface area (Å²) in [5, 5.41) is 4.65. The first kappa shape index (κ1) is 32.6. The minimum atomic E-state index is 0.651. The third-order valence-corrected chi connectivity index (χ3v) is 11.7. The molecule has 3 heterocycles. The molecule has 274 valence electrons. The molecule has 3 aromatic heterocycles. The van der Waals surface area contributed by atoms with Gasteiger partial charge in [-0.3, -0.25) is 0 Å². The Hall–Kier alpha value is -7.63. The smallest absolute Gasteiger partial charge is 0.227 e. The lowest BCUT2D eigenvalue weighted by atomic mass is 9.88. The predicted molar refractivity (Wildman–Crippen MR) is 238 cm³/mol. The molecule has 0 N–H and O–H groups in total. The summed E-state index contributed by atoms with van der Waals surface area (Å²) < 4.78 is 15.1. The molecule has 0 fully saturated rings. The van der Waals surface area contributed by atoms with E-state index >= 15 is 0 Å². The van der Waals surface area contributed by atoms with Crippen LogP contribution >= 0.6 is 0 Å². The van der Waals surface area contributed by atoms with E-state index in [4.69, 9.17) is 13.8 Å². The Balaban J connectivity index is 0.998. The van der Waals surface area contributed by atoms with Gasteiger partial charge in [0.2, 0.25) is 5.89 Å². The SMILES string of the molecule is C1=C(c2ccc(N(c3ccc4oc5ccccc5c4c3)c3ccc4c5ccccc5n(-c5ccccc5)c4c3)cc2)CCc2ccc3nc(-c4ccccc4)oc3c21. The first-order valence-electron chi connectivity index (χ1n) is 19.8. The van der Waals surface area contributed by atoms with Crippen LogP contribution in [0.15, 0.2) is 191 Å². The summed E-state index contributed by atoms with van der Waals surface area (Å²) in [5.41, 5.74) is 16.0.